The van der Waals surface area contributed by atoms with Crippen molar-refractivity contribution >= 4 is 5.82 Å². The number of nitrogens with zero attached hydrogens (tertiary/aromatic N) is 4. The first-order valence-electron chi connectivity index (χ1n) is 7.22. The van der Waals surface area contributed by atoms with Gasteiger partial charge in [-0.05, 0) is 34.1 Å². The molecule has 0 aromatic carbocycles. The highest BCUT2D eigenvalue weighted by Gasteiger charge is 2.15. The van der Waals surface area contributed by atoms with Gasteiger partial charge in [0.2, 0.25) is 0 Å². The summed E-state index contributed by atoms with van der Waals surface area (Å²) in [5.41, 5.74) is 3.18. The quantitative estimate of drug-likeness (QED) is 0.908. The molecule has 0 aliphatic carbocycles. The van der Waals surface area contributed by atoms with Crippen LogP contribution in [0.3, 0.4) is 0 Å². The van der Waals surface area contributed by atoms with Crippen molar-refractivity contribution in [1.82, 2.24) is 19.5 Å². The molecule has 2 heterocycles. The standard InChI is InChI=1S/C15H23N5/c1-6-12-11(5)18-15(19-14(12)17-7-2)13-8-16-9-20(13)10(3)4/h8-10H,6-7H2,1-5H3,(H,17,18,19). The molecule has 108 valence electrons. The Bertz CT molecular complexity index is 586. The van der Waals surface area contributed by atoms with Gasteiger partial charge in [0, 0.05) is 23.8 Å². The van der Waals surface area contributed by atoms with Crippen LogP contribution in [0.5, 0.6) is 0 Å². The Morgan fingerprint density at radius 2 is 2.00 bits per heavy atom. The topological polar surface area (TPSA) is 55.6 Å². The van der Waals surface area contributed by atoms with Crippen molar-refractivity contribution in [1.29, 1.82) is 0 Å². The van der Waals surface area contributed by atoms with Gasteiger partial charge in [0.25, 0.3) is 0 Å². The summed E-state index contributed by atoms with van der Waals surface area (Å²) >= 11 is 0. The number of imidazole rings is 1. The van der Waals surface area contributed by atoms with E-state index in [2.05, 4.69) is 47.5 Å². The van der Waals surface area contributed by atoms with Crippen molar-refractivity contribution in [2.45, 2.75) is 47.1 Å². The van der Waals surface area contributed by atoms with Crippen LogP contribution in [0.25, 0.3) is 11.5 Å². The molecule has 20 heavy (non-hydrogen) atoms. The maximum atomic E-state index is 4.70. The highest BCUT2D eigenvalue weighted by molar-refractivity contribution is 5.56. The van der Waals surface area contributed by atoms with Crippen LogP contribution in [0.4, 0.5) is 5.82 Å². The van der Waals surface area contributed by atoms with Gasteiger partial charge in [0.1, 0.15) is 11.5 Å². The number of hydrogen-bond donors (Lipinski definition) is 1. The van der Waals surface area contributed by atoms with Gasteiger partial charge in [0.05, 0.1) is 12.5 Å². The number of rotatable bonds is 5. The largest absolute Gasteiger partial charge is 0.370 e. The van der Waals surface area contributed by atoms with E-state index in [1.807, 2.05) is 19.4 Å². The Morgan fingerprint density at radius 3 is 2.60 bits per heavy atom. The van der Waals surface area contributed by atoms with Gasteiger partial charge >= 0.3 is 0 Å². The number of aryl methyl sites for hydroxylation is 1. The van der Waals surface area contributed by atoms with E-state index in [9.17, 15) is 0 Å². The molecule has 0 atom stereocenters. The first-order chi connectivity index (χ1) is 9.58. The van der Waals surface area contributed by atoms with E-state index >= 15 is 0 Å². The van der Waals surface area contributed by atoms with E-state index in [4.69, 9.17) is 4.98 Å². The molecule has 0 saturated carbocycles. The zero-order valence-electron chi connectivity index (χ0n) is 12.9. The van der Waals surface area contributed by atoms with Gasteiger partial charge in [-0.25, -0.2) is 15.0 Å². The highest BCUT2D eigenvalue weighted by Crippen LogP contribution is 2.24. The lowest BCUT2D eigenvalue weighted by Crippen LogP contribution is -2.10. The molecule has 5 heteroatoms. The fourth-order valence-electron chi connectivity index (χ4n) is 2.34. The van der Waals surface area contributed by atoms with Crippen molar-refractivity contribution < 1.29 is 0 Å². The molecular weight excluding hydrogens is 250 g/mol. The minimum atomic E-state index is 0.338. The first kappa shape index (κ1) is 14.5. The molecule has 2 aromatic heterocycles. The summed E-state index contributed by atoms with van der Waals surface area (Å²) in [6.45, 7) is 11.4. The molecule has 0 unspecified atom stereocenters. The molecule has 2 aromatic rings. The maximum Gasteiger partial charge on any atom is 0.180 e. The van der Waals surface area contributed by atoms with Crippen LogP contribution in [-0.4, -0.2) is 26.1 Å². The molecule has 0 amide bonds. The number of anilines is 1. The lowest BCUT2D eigenvalue weighted by atomic mass is 10.1. The van der Waals surface area contributed by atoms with Crippen molar-refractivity contribution in [2.24, 2.45) is 0 Å². The Balaban J connectivity index is 2.54. The monoisotopic (exact) mass is 273 g/mol. The molecule has 0 bridgehead atoms. The zero-order valence-corrected chi connectivity index (χ0v) is 12.9. The van der Waals surface area contributed by atoms with Crippen LogP contribution in [0.2, 0.25) is 0 Å². The van der Waals surface area contributed by atoms with Gasteiger partial charge in [0.15, 0.2) is 5.82 Å². The fraction of sp³-hybridized carbons (Fsp3) is 0.533. The average Bonchev–Trinajstić information content (AvgIpc) is 2.88. The van der Waals surface area contributed by atoms with Gasteiger partial charge in [-0.15, -0.1) is 0 Å². The third-order valence-corrected chi connectivity index (χ3v) is 3.36. The Morgan fingerprint density at radius 1 is 1.25 bits per heavy atom. The van der Waals surface area contributed by atoms with Gasteiger partial charge in [-0.1, -0.05) is 6.92 Å². The minimum Gasteiger partial charge on any atom is -0.370 e. The third-order valence-electron chi connectivity index (χ3n) is 3.36. The summed E-state index contributed by atoms with van der Waals surface area (Å²) in [6.07, 6.45) is 4.59. The Hall–Kier alpha value is -1.91. The normalized spacial score (nSPS) is 11.1. The first-order valence-corrected chi connectivity index (χ1v) is 7.22. The smallest absolute Gasteiger partial charge is 0.180 e. The second kappa shape index (κ2) is 6.03. The van der Waals surface area contributed by atoms with Crippen LogP contribution in [0, 0.1) is 6.92 Å². The SMILES string of the molecule is CCNc1nc(-c2cncn2C(C)C)nc(C)c1CC. The third kappa shape index (κ3) is 2.66. The second-order valence-corrected chi connectivity index (χ2v) is 5.12. The van der Waals surface area contributed by atoms with E-state index in [1.165, 1.54) is 5.56 Å². The molecule has 5 nitrogen and oxygen atoms in total. The van der Waals surface area contributed by atoms with Crippen LogP contribution in [-0.2, 0) is 6.42 Å². The highest BCUT2D eigenvalue weighted by atomic mass is 15.1. The fourth-order valence-corrected chi connectivity index (χ4v) is 2.34. The van der Waals surface area contributed by atoms with Crippen molar-refractivity contribution in [2.75, 3.05) is 11.9 Å². The van der Waals surface area contributed by atoms with Gasteiger partial charge in [-0.2, -0.15) is 0 Å². The van der Waals surface area contributed by atoms with E-state index < -0.39 is 0 Å². The van der Waals surface area contributed by atoms with Crippen LogP contribution >= 0.6 is 0 Å². The van der Waals surface area contributed by atoms with Crippen LogP contribution < -0.4 is 5.32 Å². The summed E-state index contributed by atoms with van der Waals surface area (Å²) in [4.78, 5) is 13.6. The molecule has 0 spiro atoms. The average molecular weight is 273 g/mol. The summed E-state index contributed by atoms with van der Waals surface area (Å²) < 4.78 is 2.09. The molecule has 0 saturated heterocycles. The molecule has 1 N–H and O–H groups in total. The lowest BCUT2D eigenvalue weighted by Gasteiger charge is -2.15. The number of aromatic nitrogens is 4. The summed E-state index contributed by atoms with van der Waals surface area (Å²) in [5, 5.41) is 3.34. The van der Waals surface area contributed by atoms with Crippen LogP contribution in [0.1, 0.15) is 45.0 Å². The number of hydrogen-bond acceptors (Lipinski definition) is 4. The summed E-state index contributed by atoms with van der Waals surface area (Å²) in [7, 11) is 0. The predicted octanol–water partition coefficient (Wildman–Crippen LogP) is 3.22. The maximum absolute atomic E-state index is 4.70. The molecule has 2 rings (SSSR count). The summed E-state index contributed by atoms with van der Waals surface area (Å²) in [6, 6.07) is 0.338. The van der Waals surface area contributed by atoms with Crippen molar-refractivity contribution in [3.63, 3.8) is 0 Å². The van der Waals surface area contributed by atoms with Crippen molar-refractivity contribution in [3.05, 3.63) is 23.8 Å². The molecular formula is C15H23N5. The predicted molar refractivity (Wildman–Crippen MR) is 81.9 cm³/mol. The zero-order chi connectivity index (χ0) is 14.7. The Labute approximate surface area is 120 Å². The minimum absolute atomic E-state index is 0.338. The van der Waals surface area contributed by atoms with Crippen LogP contribution in [0.15, 0.2) is 12.5 Å². The van der Waals surface area contributed by atoms with E-state index in [1.54, 1.807) is 0 Å². The molecule has 0 fully saturated rings. The molecule has 0 aliphatic rings. The van der Waals surface area contributed by atoms with Crippen molar-refractivity contribution in [3.8, 4) is 11.5 Å². The molecule has 0 radical (unpaired) electrons. The summed E-state index contributed by atoms with van der Waals surface area (Å²) in [5.74, 6) is 1.68. The van der Waals surface area contributed by atoms with E-state index in [0.717, 1.165) is 36.0 Å². The van der Waals surface area contributed by atoms with Gasteiger partial charge < -0.3 is 9.88 Å². The second-order valence-electron chi connectivity index (χ2n) is 5.12. The van der Waals surface area contributed by atoms with E-state index in [0.29, 0.717) is 6.04 Å². The molecule has 0 aliphatic heterocycles. The number of nitrogens with one attached hydrogen (secondary N) is 1. The lowest BCUT2D eigenvalue weighted by molar-refractivity contribution is 0.603. The van der Waals surface area contributed by atoms with Gasteiger partial charge in [-0.3, -0.25) is 0 Å². The Kier molecular flexibility index (Phi) is 4.37. The van der Waals surface area contributed by atoms with E-state index in [-0.39, 0.29) is 0 Å².